The van der Waals surface area contributed by atoms with Crippen LogP contribution in [-0.4, -0.2) is 69.0 Å². The lowest BCUT2D eigenvalue weighted by molar-refractivity contribution is -0.118. The minimum atomic E-state index is -0.956. The molecule has 3 aromatic carbocycles. The Morgan fingerprint density at radius 2 is 1.79 bits per heavy atom. The molecule has 0 bridgehead atoms. The Bertz CT molecular complexity index is 1600. The fourth-order valence-electron chi connectivity index (χ4n) is 4.70. The van der Waals surface area contributed by atoms with Crippen molar-refractivity contribution < 1.29 is 29.0 Å². The van der Waals surface area contributed by atoms with Crippen LogP contribution in [-0.2, 0) is 16.0 Å². The normalized spacial score (nSPS) is 16.0. The fraction of sp³-hybridized carbons (Fsp3) is 0.323. The number of thioether (sulfide) groups is 1. The SMILES string of the molecule is CC(C)(C)OC(=O)N(CCc1ccc(NC2SC(=O)NC2=O)cc1)C[C@H](O)COc1cccc2[nH]c3ccccc3c12. The monoisotopic (exact) mass is 590 g/mol. The molecule has 1 aliphatic rings. The van der Waals surface area contributed by atoms with E-state index in [0.29, 0.717) is 24.4 Å². The number of aliphatic hydroxyl groups excluding tert-OH is 1. The second-order valence-electron chi connectivity index (χ2n) is 11.1. The number of carbonyl (C=O) groups is 3. The number of rotatable bonds is 10. The van der Waals surface area contributed by atoms with Crippen LogP contribution in [0.2, 0.25) is 0 Å². The van der Waals surface area contributed by atoms with Gasteiger partial charge in [-0.15, -0.1) is 0 Å². The van der Waals surface area contributed by atoms with Crippen LogP contribution in [0, 0.1) is 0 Å². The number of aromatic nitrogens is 1. The van der Waals surface area contributed by atoms with Crippen LogP contribution in [0.5, 0.6) is 5.75 Å². The lowest BCUT2D eigenvalue weighted by atomic mass is 10.1. The molecule has 11 heteroatoms. The van der Waals surface area contributed by atoms with E-state index in [-0.39, 0.29) is 24.3 Å². The molecule has 4 N–H and O–H groups in total. The lowest BCUT2D eigenvalue weighted by Crippen LogP contribution is -2.43. The smallest absolute Gasteiger partial charge is 0.410 e. The van der Waals surface area contributed by atoms with E-state index < -0.39 is 23.2 Å². The van der Waals surface area contributed by atoms with Crippen molar-refractivity contribution in [2.45, 2.75) is 44.3 Å². The summed E-state index contributed by atoms with van der Waals surface area (Å²) in [4.78, 5) is 41.1. The van der Waals surface area contributed by atoms with Gasteiger partial charge in [-0.2, -0.15) is 0 Å². The number of hydrogen-bond acceptors (Lipinski definition) is 8. The van der Waals surface area contributed by atoms with Crippen LogP contribution in [0.15, 0.2) is 66.7 Å². The summed E-state index contributed by atoms with van der Waals surface area (Å²) in [5.41, 5.74) is 2.90. The molecule has 1 aromatic heterocycles. The molecule has 0 spiro atoms. The Balaban J connectivity index is 1.22. The number of anilines is 1. The molecule has 2 atom stereocenters. The number of benzene rings is 3. The number of fused-ring (bicyclic) bond motifs is 3. The summed E-state index contributed by atoms with van der Waals surface area (Å²) >= 11 is 0.900. The van der Waals surface area contributed by atoms with Gasteiger partial charge in [-0.25, -0.2) is 4.79 Å². The number of amides is 3. The van der Waals surface area contributed by atoms with Gasteiger partial charge in [0, 0.05) is 28.5 Å². The number of aliphatic hydroxyl groups is 1. The summed E-state index contributed by atoms with van der Waals surface area (Å²) in [6.07, 6.45) is -0.964. The first-order valence-electron chi connectivity index (χ1n) is 13.7. The maximum absolute atomic E-state index is 13.1. The summed E-state index contributed by atoms with van der Waals surface area (Å²) in [6, 6.07) is 21.1. The van der Waals surface area contributed by atoms with Gasteiger partial charge in [-0.05, 0) is 74.8 Å². The molecular formula is C31H34N4O6S. The van der Waals surface area contributed by atoms with Gasteiger partial charge < -0.3 is 29.8 Å². The van der Waals surface area contributed by atoms with E-state index in [4.69, 9.17) is 9.47 Å². The number of imide groups is 1. The molecule has 10 nitrogen and oxygen atoms in total. The average molecular weight is 591 g/mol. The molecule has 4 aromatic rings. The van der Waals surface area contributed by atoms with Gasteiger partial charge in [0.1, 0.15) is 24.1 Å². The molecule has 0 saturated carbocycles. The van der Waals surface area contributed by atoms with Crippen molar-refractivity contribution >= 4 is 56.5 Å². The summed E-state index contributed by atoms with van der Waals surface area (Å²) in [6.45, 7) is 5.73. The maximum atomic E-state index is 13.1. The highest BCUT2D eigenvalue weighted by Crippen LogP contribution is 2.33. The van der Waals surface area contributed by atoms with Crippen LogP contribution < -0.4 is 15.4 Å². The molecule has 220 valence electrons. The number of aromatic amines is 1. The Kier molecular flexibility index (Phi) is 8.60. The van der Waals surface area contributed by atoms with Crippen molar-refractivity contribution in [2.75, 3.05) is 25.0 Å². The first kappa shape index (κ1) is 29.3. The van der Waals surface area contributed by atoms with Crippen molar-refractivity contribution in [3.05, 3.63) is 72.3 Å². The number of ether oxygens (including phenoxy) is 2. The maximum Gasteiger partial charge on any atom is 0.410 e. The van der Waals surface area contributed by atoms with E-state index >= 15 is 0 Å². The zero-order chi connectivity index (χ0) is 29.9. The van der Waals surface area contributed by atoms with Gasteiger partial charge in [-0.3, -0.25) is 14.9 Å². The number of para-hydroxylation sites is 1. The van der Waals surface area contributed by atoms with Gasteiger partial charge in [0.15, 0.2) is 5.37 Å². The van der Waals surface area contributed by atoms with E-state index in [9.17, 15) is 19.5 Å². The van der Waals surface area contributed by atoms with E-state index in [2.05, 4.69) is 15.6 Å². The summed E-state index contributed by atoms with van der Waals surface area (Å²) in [7, 11) is 0. The highest BCUT2D eigenvalue weighted by molar-refractivity contribution is 8.15. The minimum absolute atomic E-state index is 0.00641. The molecule has 1 saturated heterocycles. The van der Waals surface area contributed by atoms with E-state index in [1.165, 1.54) is 4.90 Å². The summed E-state index contributed by atoms with van der Waals surface area (Å²) in [5, 5.41) is 17.1. The van der Waals surface area contributed by atoms with Gasteiger partial charge >= 0.3 is 6.09 Å². The molecule has 1 unspecified atom stereocenters. The Labute approximate surface area is 247 Å². The predicted molar refractivity (Wildman–Crippen MR) is 164 cm³/mol. The second kappa shape index (κ2) is 12.3. The molecule has 0 aliphatic carbocycles. The number of nitrogens with one attached hydrogen (secondary N) is 3. The van der Waals surface area contributed by atoms with Crippen LogP contribution in [0.4, 0.5) is 15.3 Å². The molecule has 5 rings (SSSR count). The van der Waals surface area contributed by atoms with Gasteiger partial charge in [0.2, 0.25) is 0 Å². The predicted octanol–water partition coefficient (Wildman–Crippen LogP) is 5.26. The summed E-state index contributed by atoms with van der Waals surface area (Å²) in [5.74, 6) is 0.280. The van der Waals surface area contributed by atoms with Crippen LogP contribution in [0.3, 0.4) is 0 Å². The highest BCUT2D eigenvalue weighted by atomic mass is 32.2. The van der Waals surface area contributed by atoms with Crippen molar-refractivity contribution in [2.24, 2.45) is 0 Å². The van der Waals surface area contributed by atoms with Crippen LogP contribution in [0.1, 0.15) is 26.3 Å². The van der Waals surface area contributed by atoms with Crippen molar-refractivity contribution in [1.29, 1.82) is 0 Å². The molecule has 3 amide bonds. The van der Waals surface area contributed by atoms with Crippen molar-refractivity contribution in [3.63, 3.8) is 0 Å². The topological polar surface area (TPSA) is 133 Å². The standard InChI is InChI=1S/C31H34N4O6S/c1-31(2,3)41-30(39)35(16-15-19-11-13-20(14-12-19)32-28-27(37)34-29(38)42-28)17-21(36)18-40-25-10-6-9-24-26(25)22-7-4-5-8-23(22)33-24/h4-14,21,28,32-33,36H,15-18H2,1-3H3,(H,34,37,38)/t21-,28?/m0/s1. The lowest BCUT2D eigenvalue weighted by Gasteiger charge is -2.29. The average Bonchev–Trinajstić information content (AvgIpc) is 3.48. The first-order valence-corrected chi connectivity index (χ1v) is 14.6. The number of nitrogens with zero attached hydrogens (tertiary/aromatic N) is 1. The highest BCUT2D eigenvalue weighted by Gasteiger charge is 2.31. The molecule has 1 fully saturated rings. The van der Waals surface area contributed by atoms with E-state index in [1.54, 1.807) is 20.8 Å². The van der Waals surface area contributed by atoms with Crippen molar-refractivity contribution in [1.82, 2.24) is 15.2 Å². The minimum Gasteiger partial charge on any atom is -0.490 e. The number of carbonyl (C=O) groups excluding carboxylic acids is 3. The number of hydrogen-bond donors (Lipinski definition) is 4. The first-order chi connectivity index (χ1) is 20.1. The molecule has 0 radical (unpaired) electrons. The zero-order valence-corrected chi connectivity index (χ0v) is 24.5. The molecular weight excluding hydrogens is 556 g/mol. The quantitative estimate of drug-likeness (QED) is 0.197. The molecule has 42 heavy (non-hydrogen) atoms. The van der Waals surface area contributed by atoms with E-state index in [0.717, 1.165) is 39.1 Å². The van der Waals surface area contributed by atoms with Crippen molar-refractivity contribution in [3.8, 4) is 5.75 Å². The fourth-order valence-corrected chi connectivity index (χ4v) is 5.43. The summed E-state index contributed by atoms with van der Waals surface area (Å²) < 4.78 is 11.7. The Hall–Kier alpha value is -4.22. The van der Waals surface area contributed by atoms with Gasteiger partial charge in [-0.1, -0.05) is 36.4 Å². The second-order valence-corrected chi connectivity index (χ2v) is 12.2. The Morgan fingerprint density at radius 3 is 2.50 bits per heavy atom. The third kappa shape index (κ3) is 7.15. The van der Waals surface area contributed by atoms with Crippen LogP contribution in [0.25, 0.3) is 21.8 Å². The largest absolute Gasteiger partial charge is 0.490 e. The molecule has 2 heterocycles. The zero-order valence-electron chi connectivity index (χ0n) is 23.7. The van der Waals surface area contributed by atoms with Crippen LogP contribution >= 0.6 is 11.8 Å². The van der Waals surface area contributed by atoms with Gasteiger partial charge in [0.25, 0.3) is 11.1 Å². The number of H-pyrrole nitrogens is 1. The third-order valence-corrected chi connectivity index (χ3v) is 7.50. The third-order valence-electron chi connectivity index (χ3n) is 6.62. The van der Waals surface area contributed by atoms with E-state index in [1.807, 2.05) is 66.7 Å². The Morgan fingerprint density at radius 1 is 1.05 bits per heavy atom. The molecule has 1 aliphatic heterocycles. The van der Waals surface area contributed by atoms with Gasteiger partial charge in [0.05, 0.1) is 12.1 Å².